The topological polar surface area (TPSA) is 32.3 Å². The van der Waals surface area contributed by atoms with E-state index in [0.29, 0.717) is 6.54 Å². The smallest absolute Gasteiger partial charge is 0.0951 e. The molecule has 0 amide bonds. The summed E-state index contributed by atoms with van der Waals surface area (Å²) in [5.74, 6) is 0. The second-order valence-corrected chi connectivity index (χ2v) is 6.14. The minimum absolute atomic E-state index is 0.0930. The average Bonchev–Trinajstić information content (AvgIpc) is 2.70. The largest absolute Gasteiger partial charge is 0.395 e. The molecule has 3 aromatic rings. The Balaban J connectivity index is 2.32. The molecule has 0 saturated heterocycles. The minimum atomic E-state index is -0.488. The van der Waals surface area contributed by atoms with Crippen LogP contribution in [0.3, 0.4) is 0 Å². The number of aryl methyl sites for hydroxylation is 1. The monoisotopic (exact) mass is 331 g/mol. The molecule has 0 atom stereocenters. The SMILES string of the molecule is CCc1ccccc1C(NCCO)(c1ccccc1)c1ccccc1. The first-order chi connectivity index (χ1) is 12.3. The molecule has 3 aromatic carbocycles. The molecule has 128 valence electrons. The molecule has 0 aliphatic carbocycles. The summed E-state index contributed by atoms with van der Waals surface area (Å²) in [7, 11) is 0. The molecule has 2 N–H and O–H groups in total. The van der Waals surface area contributed by atoms with Crippen molar-refractivity contribution in [3.63, 3.8) is 0 Å². The predicted molar refractivity (Wildman–Crippen MR) is 104 cm³/mol. The van der Waals surface area contributed by atoms with E-state index in [0.717, 1.165) is 6.42 Å². The first-order valence-electron chi connectivity index (χ1n) is 8.88. The van der Waals surface area contributed by atoms with Crippen LogP contribution in [0.5, 0.6) is 0 Å². The van der Waals surface area contributed by atoms with Gasteiger partial charge in [-0.05, 0) is 28.7 Å². The van der Waals surface area contributed by atoms with Gasteiger partial charge in [-0.2, -0.15) is 0 Å². The predicted octanol–water partition coefficient (Wildman–Crippen LogP) is 4.12. The van der Waals surface area contributed by atoms with Crippen molar-refractivity contribution < 1.29 is 5.11 Å². The zero-order chi connectivity index (χ0) is 17.5. The second-order valence-electron chi connectivity index (χ2n) is 6.14. The number of hydrogen-bond acceptors (Lipinski definition) is 2. The maximum atomic E-state index is 9.53. The van der Waals surface area contributed by atoms with Gasteiger partial charge in [0.25, 0.3) is 0 Å². The number of aliphatic hydroxyl groups excluding tert-OH is 1. The first kappa shape index (κ1) is 17.4. The van der Waals surface area contributed by atoms with Gasteiger partial charge in [0.1, 0.15) is 0 Å². The molecule has 0 fully saturated rings. The number of nitrogens with one attached hydrogen (secondary N) is 1. The van der Waals surface area contributed by atoms with Gasteiger partial charge in [0.05, 0.1) is 12.1 Å². The Morgan fingerprint density at radius 3 is 1.80 bits per heavy atom. The Labute approximate surface area is 150 Å². The normalized spacial score (nSPS) is 11.4. The van der Waals surface area contributed by atoms with E-state index in [2.05, 4.69) is 85.0 Å². The highest BCUT2D eigenvalue weighted by Gasteiger charge is 2.36. The lowest BCUT2D eigenvalue weighted by Gasteiger charge is -2.38. The molecule has 0 aliphatic rings. The summed E-state index contributed by atoms with van der Waals surface area (Å²) in [4.78, 5) is 0. The van der Waals surface area contributed by atoms with Crippen molar-refractivity contribution in [1.82, 2.24) is 5.32 Å². The molecule has 0 unspecified atom stereocenters. The third kappa shape index (κ3) is 3.37. The van der Waals surface area contributed by atoms with Crippen LogP contribution in [0.25, 0.3) is 0 Å². The fourth-order valence-electron chi connectivity index (χ4n) is 3.59. The summed E-state index contributed by atoms with van der Waals surface area (Å²) < 4.78 is 0. The van der Waals surface area contributed by atoms with Gasteiger partial charge in [0.2, 0.25) is 0 Å². The van der Waals surface area contributed by atoms with Gasteiger partial charge < -0.3 is 5.11 Å². The molecule has 0 aromatic heterocycles. The third-order valence-corrected chi connectivity index (χ3v) is 4.72. The number of benzene rings is 3. The molecule has 0 bridgehead atoms. The van der Waals surface area contributed by atoms with E-state index in [9.17, 15) is 5.11 Å². The molecule has 0 saturated carbocycles. The van der Waals surface area contributed by atoms with Gasteiger partial charge in [-0.25, -0.2) is 0 Å². The van der Waals surface area contributed by atoms with Gasteiger partial charge in [-0.15, -0.1) is 0 Å². The van der Waals surface area contributed by atoms with Crippen LogP contribution >= 0.6 is 0 Å². The molecule has 2 nitrogen and oxygen atoms in total. The van der Waals surface area contributed by atoms with Crippen molar-refractivity contribution in [3.8, 4) is 0 Å². The summed E-state index contributed by atoms with van der Waals surface area (Å²) in [6.07, 6.45) is 0.957. The van der Waals surface area contributed by atoms with Crippen LogP contribution in [0.4, 0.5) is 0 Å². The van der Waals surface area contributed by atoms with E-state index in [-0.39, 0.29) is 6.61 Å². The van der Waals surface area contributed by atoms with Crippen molar-refractivity contribution >= 4 is 0 Å². The maximum Gasteiger partial charge on any atom is 0.0951 e. The molecule has 0 spiro atoms. The van der Waals surface area contributed by atoms with Crippen molar-refractivity contribution in [3.05, 3.63) is 107 Å². The first-order valence-corrected chi connectivity index (χ1v) is 8.88. The van der Waals surface area contributed by atoms with Crippen molar-refractivity contribution in [2.45, 2.75) is 18.9 Å². The van der Waals surface area contributed by atoms with Crippen molar-refractivity contribution in [2.75, 3.05) is 13.2 Å². The van der Waals surface area contributed by atoms with Crippen LogP contribution in [-0.2, 0) is 12.0 Å². The zero-order valence-electron chi connectivity index (χ0n) is 14.7. The van der Waals surface area contributed by atoms with E-state index in [1.165, 1.54) is 22.3 Å². The summed E-state index contributed by atoms with van der Waals surface area (Å²) >= 11 is 0. The van der Waals surface area contributed by atoms with Crippen LogP contribution in [0.1, 0.15) is 29.2 Å². The molecule has 0 heterocycles. The van der Waals surface area contributed by atoms with Gasteiger partial charge in [0.15, 0.2) is 0 Å². The zero-order valence-corrected chi connectivity index (χ0v) is 14.7. The average molecular weight is 331 g/mol. The quantitative estimate of drug-likeness (QED) is 0.638. The molecule has 25 heavy (non-hydrogen) atoms. The Morgan fingerprint density at radius 1 is 0.760 bits per heavy atom. The lowest BCUT2D eigenvalue weighted by Crippen LogP contribution is -2.46. The Kier molecular flexibility index (Phi) is 5.64. The Hall–Kier alpha value is -2.42. The maximum absolute atomic E-state index is 9.53. The molecule has 3 rings (SSSR count). The number of hydrogen-bond donors (Lipinski definition) is 2. The Bertz CT molecular complexity index is 744. The fraction of sp³-hybridized carbons (Fsp3) is 0.217. The molecule has 0 radical (unpaired) electrons. The van der Waals surface area contributed by atoms with Gasteiger partial charge in [-0.1, -0.05) is 91.9 Å². The van der Waals surface area contributed by atoms with E-state index in [1.54, 1.807) is 0 Å². The summed E-state index contributed by atoms with van der Waals surface area (Å²) in [5.41, 5.74) is 4.41. The highest BCUT2D eigenvalue weighted by molar-refractivity contribution is 5.52. The van der Waals surface area contributed by atoms with Crippen LogP contribution in [0.2, 0.25) is 0 Å². The molecule has 2 heteroatoms. The summed E-state index contributed by atoms with van der Waals surface area (Å²) in [6, 6.07) is 29.6. The van der Waals surface area contributed by atoms with Gasteiger partial charge in [0, 0.05) is 6.54 Å². The van der Waals surface area contributed by atoms with Crippen LogP contribution in [0, 0.1) is 0 Å². The van der Waals surface area contributed by atoms with E-state index >= 15 is 0 Å². The minimum Gasteiger partial charge on any atom is -0.395 e. The van der Waals surface area contributed by atoms with E-state index in [1.807, 2.05) is 12.1 Å². The highest BCUT2D eigenvalue weighted by atomic mass is 16.3. The number of aliphatic hydroxyl groups is 1. The van der Waals surface area contributed by atoms with Crippen LogP contribution < -0.4 is 5.32 Å². The third-order valence-electron chi connectivity index (χ3n) is 4.72. The summed E-state index contributed by atoms with van der Waals surface area (Å²) in [6.45, 7) is 2.79. The molecule has 0 aliphatic heterocycles. The fourth-order valence-corrected chi connectivity index (χ4v) is 3.59. The van der Waals surface area contributed by atoms with Crippen LogP contribution in [0.15, 0.2) is 84.9 Å². The lowest BCUT2D eigenvalue weighted by atomic mass is 9.75. The molecular formula is C23H25NO. The van der Waals surface area contributed by atoms with Gasteiger partial charge in [-0.3, -0.25) is 5.32 Å². The van der Waals surface area contributed by atoms with E-state index < -0.39 is 5.54 Å². The summed E-state index contributed by atoms with van der Waals surface area (Å²) in [5, 5.41) is 13.2. The molecular weight excluding hydrogens is 306 g/mol. The Morgan fingerprint density at radius 2 is 1.28 bits per heavy atom. The van der Waals surface area contributed by atoms with Gasteiger partial charge >= 0.3 is 0 Å². The highest BCUT2D eigenvalue weighted by Crippen LogP contribution is 2.38. The number of rotatable bonds is 7. The van der Waals surface area contributed by atoms with Crippen LogP contribution in [-0.4, -0.2) is 18.3 Å². The van der Waals surface area contributed by atoms with Crippen molar-refractivity contribution in [2.24, 2.45) is 0 Å². The second kappa shape index (κ2) is 8.11. The lowest BCUT2D eigenvalue weighted by molar-refractivity contribution is 0.277. The van der Waals surface area contributed by atoms with E-state index in [4.69, 9.17) is 0 Å². The standard InChI is InChI=1S/C23H25NO/c1-2-19-11-9-10-16-22(19)23(24-17-18-25,20-12-5-3-6-13-20)21-14-7-4-8-15-21/h3-16,24-25H,2,17-18H2,1H3. The van der Waals surface area contributed by atoms with Crippen molar-refractivity contribution in [1.29, 1.82) is 0 Å².